The fraction of sp³-hybridized carbons (Fsp3) is 0.846. The first kappa shape index (κ1) is 15.9. The van der Waals surface area contributed by atoms with Crippen LogP contribution in [0.3, 0.4) is 0 Å². The third-order valence-electron chi connectivity index (χ3n) is 3.35. The molecule has 110 valence electrons. The zero-order chi connectivity index (χ0) is 14.3. The molecule has 0 bridgehead atoms. The number of rotatable bonds is 8. The third-order valence-corrected chi connectivity index (χ3v) is 3.35. The van der Waals surface area contributed by atoms with Crippen LogP contribution in [0.4, 0.5) is 0 Å². The van der Waals surface area contributed by atoms with Crippen LogP contribution in [-0.4, -0.2) is 60.8 Å². The van der Waals surface area contributed by atoms with E-state index in [1.807, 2.05) is 13.8 Å². The standard InChI is InChI=1S/C13H24N2O4/c1-3-6-15(7-5-12(16)14-4-2)11-9-19-8-10(11)13(17)18/h10-11H,3-9H2,1-2H3,(H,14,16)(H,17,18). The Morgan fingerprint density at radius 2 is 2.05 bits per heavy atom. The number of amides is 1. The Morgan fingerprint density at radius 1 is 1.32 bits per heavy atom. The summed E-state index contributed by atoms with van der Waals surface area (Å²) < 4.78 is 5.29. The van der Waals surface area contributed by atoms with E-state index in [9.17, 15) is 14.7 Å². The van der Waals surface area contributed by atoms with E-state index in [1.54, 1.807) is 0 Å². The Morgan fingerprint density at radius 3 is 2.63 bits per heavy atom. The number of nitrogens with one attached hydrogen (secondary N) is 1. The molecule has 0 saturated carbocycles. The van der Waals surface area contributed by atoms with E-state index in [1.165, 1.54) is 0 Å². The van der Waals surface area contributed by atoms with Crippen LogP contribution in [0.1, 0.15) is 26.7 Å². The van der Waals surface area contributed by atoms with Crippen LogP contribution in [-0.2, 0) is 14.3 Å². The first-order valence-electron chi connectivity index (χ1n) is 6.91. The molecule has 0 spiro atoms. The maximum atomic E-state index is 11.5. The highest BCUT2D eigenvalue weighted by molar-refractivity contribution is 5.76. The summed E-state index contributed by atoms with van der Waals surface area (Å²) in [5.41, 5.74) is 0. The molecule has 0 radical (unpaired) electrons. The summed E-state index contributed by atoms with van der Waals surface area (Å²) in [5, 5.41) is 11.9. The molecule has 2 N–H and O–H groups in total. The molecule has 6 nitrogen and oxygen atoms in total. The number of carboxylic acid groups (broad SMARTS) is 1. The van der Waals surface area contributed by atoms with Crippen molar-refractivity contribution in [2.24, 2.45) is 5.92 Å². The Balaban J connectivity index is 2.55. The van der Waals surface area contributed by atoms with Gasteiger partial charge in [0.15, 0.2) is 0 Å². The molecule has 1 rings (SSSR count). The van der Waals surface area contributed by atoms with Gasteiger partial charge >= 0.3 is 5.97 Å². The number of aliphatic carboxylic acids is 1. The first-order chi connectivity index (χ1) is 9.10. The second-order valence-corrected chi connectivity index (χ2v) is 4.79. The first-order valence-corrected chi connectivity index (χ1v) is 6.91. The van der Waals surface area contributed by atoms with Gasteiger partial charge in [-0.05, 0) is 19.9 Å². The second kappa shape index (κ2) is 8.12. The lowest BCUT2D eigenvalue weighted by molar-refractivity contribution is -0.143. The summed E-state index contributed by atoms with van der Waals surface area (Å²) >= 11 is 0. The van der Waals surface area contributed by atoms with Gasteiger partial charge in [-0.2, -0.15) is 0 Å². The quantitative estimate of drug-likeness (QED) is 0.665. The molecule has 1 saturated heterocycles. The third kappa shape index (κ3) is 4.80. The fourth-order valence-electron chi connectivity index (χ4n) is 2.40. The molecule has 1 aliphatic rings. The number of ether oxygens (including phenoxy) is 1. The molecule has 0 aromatic rings. The number of nitrogens with zero attached hydrogens (tertiary/aromatic N) is 1. The number of carbonyl (C=O) groups is 2. The highest BCUT2D eigenvalue weighted by Gasteiger charge is 2.37. The van der Waals surface area contributed by atoms with Crippen molar-refractivity contribution in [3.63, 3.8) is 0 Å². The van der Waals surface area contributed by atoms with E-state index >= 15 is 0 Å². The van der Waals surface area contributed by atoms with Gasteiger partial charge in [-0.15, -0.1) is 0 Å². The fourth-order valence-corrected chi connectivity index (χ4v) is 2.40. The van der Waals surface area contributed by atoms with Gasteiger partial charge in [0.1, 0.15) is 0 Å². The predicted molar refractivity (Wildman–Crippen MR) is 70.9 cm³/mol. The van der Waals surface area contributed by atoms with Gasteiger partial charge in [0, 0.05) is 25.6 Å². The predicted octanol–water partition coefficient (Wildman–Crippen LogP) is 0.324. The zero-order valence-corrected chi connectivity index (χ0v) is 11.7. The van der Waals surface area contributed by atoms with E-state index in [0.717, 1.165) is 13.0 Å². The lowest BCUT2D eigenvalue weighted by Crippen LogP contribution is -2.45. The molecular formula is C13H24N2O4. The van der Waals surface area contributed by atoms with E-state index in [-0.39, 0.29) is 18.6 Å². The van der Waals surface area contributed by atoms with Crippen molar-refractivity contribution >= 4 is 11.9 Å². The molecule has 0 aliphatic carbocycles. The Hall–Kier alpha value is -1.14. The Labute approximate surface area is 114 Å². The van der Waals surface area contributed by atoms with E-state index in [4.69, 9.17) is 4.74 Å². The molecule has 1 amide bonds. The minimum absolute atomic E-state index is 0.00870. The molecule has 0 aromatic carbocycles. The van der Waals surface area contributed by atoms with Gasteiger partial charge in [-0.3, -0.25) is 14.5 Å². The van der Waals surface area contributed by atoms with Crippen molar-refractivity contribution in [3.8, 4) is 0 Å². The largest absolute Gasteiger partial charge is 0.481 e. The van der Waals surface area contributed by atoms with Gasteiger partial charge in [-0.1, -0.05) is 6.92 Å². The minimum Gasteiger partial charge on any atom is -0.481 e. The summed E-state index contributed by atoms with van der Waals surface area (Å²) in [4.78, 5) is 24.7. The van der Waals surface area contributed by atoms with E-state index in [2.05, 4.69) is 10.2 Å². The molecule has 19 heavy (non-hydrogen) atoms. The second-order valence-electron chi connectivity index (χ2n) is 4.79. The highest BCUT2D eigenvalue weighted by atomic mass is 16.5. The van der Waals surface area contributed by atoms with Gasteiger partial charge in [0.25, 0.3) is 0 Å². The van der Waals surface area contributed by atoms with Crippen molar-refractivity contribution in [2.75, 3.05) is 32.8 Å². The van der Waals surface area contributed by atoms with Crippen LogP contribution in [0, 0.1) is 5.92 Å². The molecule has 0 aromatic heterocycles. The van der Waals surface area contributed by atoms with Gasteiger partial charge < -0.3 is 15.2 Å². The van der Waals surface area contributed by atoms with E-state index < -0.39 is 11.9 Å². The van der Waals surface area contributed by atoms with Gasteiger partial charge in [0.2, 0.25) is 5.91 Å². The lowest BCUT2D eigenvalue weighted by atomic mass is 10.0. The average molecular weight is 272 g/mol. The Kier molecular flexibility index (Phi) is 6.80. The van der Waals surface area contributed by atoms with Crippen molar-refractivity contribution in [3.05, 3.63) is 0 Å². The number of carboxylic acids is 1. The number of hydrogen-bond acceptors (Lipinski definition) is 4. The average Bonchev–Trinajstić information content (AvgIpc) is 2.84. The smallest absolute Gasteiger partial charge is 0.310 e. The van der Waals surface area contributed by atoms with Crippen LogP contribution < -0.4 is 5.32 Å². The monoisotopic (exact) mass is 272 g/mol. The van der Waals surface area contributed by atoms with Crippen molar-refractivity contribution in [2.45, 2.75) is 32.7 Å². The summed E-state index contributed by atoms with van der Waals surface area (Å²) in [5.74, 6) is -1.29. The van der Waals surface area contributed by atoms with Crippen molar-refractivity contribution in [1.29, 1.82) is 0 Å². The maximum Gasteiger partial charge on any atom is 0.310 e. The van der Waals surface area contributed by atoms with Crippen molar-refractivity contribution < 1.29 is 19.4 Å². The lowest BCUT2D eigenvalue weighted by Gasteiger charge is -2.29. The van der Waals surface area contributed by atoms with Gasteiger partial charge in [0.05, 0.1) is 19.1 Å². The maximum absolute atomic E-state index is 11.5. The summed E-state index contributed by atoms with van der Waals surface area (Å²) in [7, 11) is 0. The zero-order valence-electron chi connectivity index (χ0n) is 11.7. The number of carbonyl (C=O) groups excluding carboxylic acids is 1. The summed E-state index contributed by atoms with van der Waals surface area (Å²) in [6.45, 7) is 6.62. The molecule has 1 aliphatic heterocycles. The van der Waals surface area contributed by atoms with Crippen LogP contribution in [0.2, 0.25) is 0 Å². The van der Waals surface area contributed by atoms with Crippen LogP contribution >= 0.6 is 0 Å². The van der Waals surface area contributed by atoms with Gasteiger partial charge in [-0.25, -0.2) is 0 Å². The van der Waals surface area contributed by atoms with Crippen LogP contribution in [0.25, 0.3) is 0 Å². The highest BCUT2D eigenvalue weighted by Crippen LogP contribution is 2.20. The molecule has 1 heterocycles. The van der Waals surface area contributed by atoms with Crippen molar-refractivity contribution in [1.82, 2.24) is 10.2 Å². The van der Waals surface area contributed by atoms with Crippen LogP contribution in [0.5, 0.6) is 0 Å². The molecule has 2 unspecified atom stereocenters. The Bertz CT molecular complexity index is 309. The normalized spacial score (nSPS) is 22.7. The summed E-state index contributed by atoms with van der Waals surface area (Å²) in [6, 6.07) is -0.119. The van der Waals surface area contributed by atoms with Crippen LogP contribution in [0.15, 0.2) is 0 Å². The molecular weight excluding hydrogens is 248 g/mol. The molecule has 1 fully saturated rings. The SMILES string of the molecule is CCCN(CCC(=O)NCC)C1COCC1C(=O)O. The summed E-state index contributed by atoms with van der Waals surface area (Å²) in [6.07, 6.45) is 1.33. The van der Waals surface area contributed by atoms with E-state index in [0.29, 0.717) is 26.1 Å². The molecule has 6 heteroatoms. The molecule has 2 atom stereocenters. The number of hydrogen-bond donors (Lipinski definition) is 2. The topological polar surface area (TPSA) is 78.9 Å². The minimum atomic E-state index is -0.818.